The number of halogens is 1. The first-order valence-corrected chi connectivity index (χ1v) is 8.71. The third kappa shape index (κ3) is 3.94. The topological polar surface area (TPSA) is 45.9 Å². The van der Waals surface area contributed by atoms with Gasteiger partial charge in [0.25, 0.3) is 0 Å². The van der Waals surface area contributed by atoms with Crippen LogP contribution in [0.25, 0.3) is 0 Å². The van der Waals surface area contributed by atoms with Crippen molar-refractivity contribution in [2.24, 2.45) is 0 Å². The van der Waals surface area contributed by atoms with Crippen LogP contribution < -0.4 is 4.74 Å². The Labute approximate surface area is 139 Å². The molecule has 1 atom stereocenters. The van der Waals surface area contributed by atoms with Crippen molar-refractivity contribution in [3.8, 4) is 11.8 Å². The number of aromatic nitrogens is 1. The minimum Gasteiger partial charge on any atom is -0.494 e. The normalized spacial score (nSPS) is 13.1. The van der Waals surface area contributed by atoms with Gasteiger partial charge in [-0.3, -0.25) is 4.98 Å². The van der Waals surface area contributed by atoms with Gasteiger partial charge in [-0.1, -0.05) is 13.0 Å². The fourth-order valence-electron chi connectivity index (χ4n) is 2.30. The van der Waals surface area contributed by atoms with Crippen molar-refractivity contribution >= 4 is 21.7 Å². The van der Waals surface area contributed by atoms with Crippen molar-refractivity contribution < 1.29 is 4.74 Å². The second kappa shape index (κ2) is 8.07. The Hall–Kier alpha value is -1.70. The van der Waals surface area contributed by atoms with E-state index in [0.717, 1.165) is 22.6 Å². The predicted molar refractivity (Wildman–Crippen MR) is 90.1 cm³/mol. The zero-order chi connectivity index (χ0) is 15.8. The highest BCUT2D eigenvalue weighted by Crippen LogP contribution is 2.31. The van der Waals surface area contributed by atoms with E-state index in [2.05, 4.69) is 11.1 Å². The Morgan fingerprint density at radius 3 is 2.64 bits per heavy atom. The highest BCUT2D eigenvalue weighted by atomic mass is 35.7. The Bertz CT molecular complexity index is 627. The molecule has 0 spiro atoms. The van der Waals surface area contributed by atoms with E-state index in [1.807, 2.05) is 43.3 Å². The predicted octanol–water partition coefficient (Wildman–Crippen LogP) is 4.97. The summed E-state index contributed by atoms with van der Waals surface area (Å²) in [5.74, 6) is 0.781. The molecule has 0 radical (unpaired) electrons. The van der Waals surface area contributed by atoms with Crippen LogP contribution in [0.2, 0.25) is 0 Å². The summed E-state index contributed by atoms with van der Waals surface area (Å²) in [6.07, 6.45) is 4.82. The van der Waals surface area contributed by atoms with Crippen LogP contribution in [0.5, 0.6) is 5.75 Å². The smallest absolute Gasteiger partial charge is 0.119 e. The molecule has 22 heavy (non-hydrogen) atoms. The van der Waals surface area contributed by atoms with Crippen molar-refractivity contribution in [1.82, 2.24) is 4.98 Å². The summed E-state index contributed by atoms with van der Waals surface area (Å²) >= 11 is 0. The summed E-state index contributed by atoms with van der Waals surface area (Å²) in [5.41, 5.74) is 0.387. The lowest BCUT2D eigenvalue weighted by atomic mass is 9.78. The van der Waals surface area contributed by atoms with Gasteiger partial charge in [0, 0.05) is 23.7 Å². The van der Waals surface area contributed by atoms with E-state index in [1.165, 1.54) is 11.0 Å². The van der Waals surface area contributed by atoms with Gasteiger partial charge >= 0.3 is 0 Å². The summed E-state index contributed by atoms with van der Waals surface area (Å²) in [4.78, 5) is 5.10. The molecule has 2 aromatic rings. The molecule has 0 aliphatic carbocycles. The van der Waals surface area contributed by atoms with Gasteiger partial charge in [0.05, 0.1) is 18.1 Å². The van der Waals surface area contributed by atoms with Crippen LogP contribution >= 0.6 is 21.7 Å². The first kappa shape index (κ1) is 16.7. The second-order valence-corrected chi connectivity index (χ2v) is 6.02. The summed E-state index contributed by atoms with van der Waals surface area (Å²) in [7, 11) is 6.86. The zero-order valence-electron chi connectivity index (χ0n) is 12.3. The maximum Gasteiger partial charge on any atom is 0.119 e. The van der Waals surface area contributed by atoms with E-state index in [0.29, 0.717) is 13.0 Å². The van der Waals surface area contributed by atoms with Crippen molar-refractivity contribution in [2.75, 3.05) is 6.61 Å². The molecule has 1 aromatic heterocycles. The van der Waals surface area contributed by atoms with Gasteiger partial charge in [0.2, 0.25) is 0 Å². The summed E-state index contributed by atoms with van der Waals surface area (Å²) < 4.78 is 5.76. The van der Waals surface area contributed by atoms with Gasteiger partial charge in [-0.15, -0.1) is 0 Å². The fraction of sp³-hybridized carbons (Fsp3) is 0.294. The number of pyridine rings is 1. The third-order valence-corrected chi connectivity index (χ3v) is 4.73. The maximum absolute atomic E-state index is 9.64. The first-order valence-electron chi connectivity index (χ1n) is 7.07. The lowest BCUT2D eigenvalue weighted by molar-refractivity contribution is 0.276. The van der Waals surface area contributed by atoms with Crippen LogP contribution in [0.1, 0.15) is 25.3 Å². The molecule has 0 saturated carbocycles. The molecular formula is C17H17ClN2OS. The van der Waals surface area contributed by atoms with Crippen molar-refractivity contribution in [2.45, 2.75) is 30.1 Å². The average molecular weight is 333 g/mol. The SMILES string of the molecule is CCC(C#N)(CCOc1ccc(SCl)cc1)c1cccnc1. The lowest BCUT2D eigenvalue weighted by Crippen LogP contribution is -2.26. The highest BCUT2D eigenvalue weighted by Gasteiger charge is 2.30. The number of rotatable bonds is 7. The second-order valence-electron chi connectivity index (χ2n) is 4.94. The van der Waals surface area contributed by atoms with E-state index in [9.17, 15) is 5.26 Å². The van der Waals surface area contributed by atoms with Crippen LogP contribution in [0, 0.1) is 11.3 Å². The van der Waals surface area contributed by atoms with Crippen LogP contribution in [-0.4, -0.2) is 11.6 Å². The van der Waals surface area contributed by atoms with E-state index in [4.69, 9.17) is 15.4 Å². The Morgan fingerprint density at radius 1 is 1.32 bits per heavy atom. The van der Waals surface area contributed by atoms with Gasteiger partial charge in [-0.05, 0) is 64.0 Å². The van der Waals surface area contributed by atoms with E-state index in [-0.39, 0.29) is 0 Å². The van der Waals surface area contributed by atoms with Crippen LogP contribution in [-0.2, 0) is 5.41 Å². The highest BCUT2D eigenvalue weighted by molar-refractivity contribution is 8.21. The third-order valence-electron chi connectivity index (χ3n) is 3.74. The molecule has 1 unspecified atom stereocenters. The molecule has 1 heterocycles. The number of nitrogens with zero attached hydrogens (tertiary/aromatic N) is 2. The maximum atomic E-state index is 9.64. The quantitative estimate of drug-likeness (QED) is 0.718. The molecule has 2 rings (SSSR count). The van der Waals surface area contributed by atoms with Crippen LogP contribution in [0.15, 0.2) is 53.7 Å². The molecule has 1 aromatic carbocycles. The van der Waals surface area contributed by atoms with Gasteiger partial charge in [-0.25, -0.2) is 0 Å². The van der Waals surface area contributed by atoms with Gasteiger partial charge < -0.3 is 4.74 Å². The largest absolute Gasteiger partial charge is 0.494 e. The molecule has 114 valence electrons. The molecule has 0 bridgehead atoms. The molecule has 5 heteroatoms. The van der Waals surface area contributed by atoms with Gasteiger partial charge in [0.1, 0.15) is 5.75 Å². The zero-order valence-corrected chi connectivity index (χ0v) is 13.9. The van der Waals surface area contributed by atoms with E-state index in [1.54, 1.807) is 12.4 Å². The lowest BCUT2D eigenvalue weighted by Gasteiger charge is -2.25. The number of ether oxygens (including phenoxy) is 1. The standard InChI is InChI=1S/C17H17ClN2OS/c1-2-17(13-19,14-4-3-10-20-12-14)9-11-21-15-5-7-16(22-18)8-6-15/h3-8,10,12H,2,9,11H2,1H3. The van der Waals surface area contributed by atoms with E-state index < -0.39 is 5.41 Å². The summed E-state index contributed by atoms with van der Waals surface area (Å²) in [5, 5.41) is 9.64. The van der Waals surface area contributed by atoms with E-state index >= 15 is 0 Å². The molecule has 0 aliphatic heterocycles. The number of benzene rings is 1. The minimum absolute atomic E-state index is 0.476. The first-order chi connectivity index (χ1) is 10.7. The number of nitriles is 1. The van der Waals surface area contributed by atoms with Crippen molar-refractivity contribution in [1.29, 1.82) is 5.26 Å². The molecular weight excluding hydrogens is 316 g/mol. The minimum atomic E-state index is -0.555. The number of hydrogen-bond donors (Lipinski definition) is 0. The molecule has 0 N–H and O–H groups in total. The Balaban J connectivity index is 2.02. The van der Waals surface area contributed by atoms with Crippen LogP contribution in [0.3, 0.4) is 0 Å². The molecule has 0 amide bonds. The monoisotopic (exact) mass is 332 g/mol. The summed E-state index contributed by atoms with van der Waals surface area (Å²) in [6, 6.07) is 13.8. The Kier molecular flexibility index (Phi) is 6.11. The van der Waals surface area contributed by atoms with Crippen molar-refractivity contribution in [3.63, 3.8) is 0 Å². The average Bonchev–Trinajstić information content (AvgIpc) is 2.60. The molecule has 3 nitrogen and oxygen atoms in total. The van der Waals surface area contributed by atoms with Crippen molar-refractivity contribution in [3.05, 3.63) is 54.4 Å². The molecule has 0 fully saturated rings. The van der Waals surface area contributed by atoms with Gasteiger partial charge in [0.15, 0.2) is 0 Å². The van der Waals surface area contributed by atoms with Crippen LogP contribution in [0.4, 0.5) is 0 Å². The number of hydrogen-bond acceptors (Lipinski definition) is 4. The molecule has 0 aliphatic rings. The van der Waals surface area contributed by atoms with Gasteiger partial charge in [-0.2, -0.15) is 5.26 Å². The summed E-state index contributed by atoms with van der Waals surface area (Å²) in [6.45, 7) is 2.49. The molecule has 0 saturated heterocycles. The Morgan fingerprint density at radius 2 is 2.09 bits per heavy atom. The fourth-order valence-corrected chi connectivity index (χ4v) is 2.85.